The van der Waals surface area contributed by atoms with E-state index >= 15 is 0 Å². The lowest BCUT2D eigenvalue weighted by Gasteiger charge is -2.12. The third kappa shape index (κ3) is 5.82. The highest BCUT2D eigenvalue weighted by Gasteiger charge is 2.15. The number of para-hydroxylation sites is 1. The summed E-state index contributed by atoms with van der Waals surface area (Å²) in [6.07, 6.45) is -1.43. The van der Waals surface area contributed by atoms with Crippen LogP contribution >= 0.6 is 11.8 Å². The second-order valence-electron chi connectivity index (χ2n) is 5.54. The molecule has 0 saturated carbocycles. The molecule has 0 amide bonds. The predicted octanol–water partition coefficient (Wildman–Crippen LogP) is 4.26. The summed E-state index contributed by atoms with van der Waals surface area (Å²) in [6.45, 7) is 5.21. The van der Waals surface area contributed by atoms with E-state index in [1.807, 2.05) is 34.9 Å². The summed E-state index contributed by atoms with van der Waals surface area (Å²) in [6, 6.07) is 9.42. The van der Waals surface area contributed by atoms with Gasteiger partial charge in [0.2, 0.25) is 6.43 Å². The summed E-state index contributed by atoms with van der Waals surface area (Å²) in [5.74, 6) is 1.63. The molecule has 2 rings (SSSR count). The number of hydrogen-bond acceptors (Lipinski definition) is 4. The van der Waals surface area contributed by atoms with E-state index in [0.717, 1.165) is 23.9 Å². The van der Waals surface area contributed by atoms with Crippen LogP contribution in [0.3, 0.4) is 0 Å². The molecule has 0 bridgehead atoms. The van der Waals surface area contributed by atoms with E-state index in [0.29, 0.717) is 23.4 Å². The van der Waals surface area contributed by atoms with Gasteiger partial charge in [0.05, 0.1) is 5.75 Å². The molecule has 0 fully saturated rings. The maximum atomic E-state index is 12.4. The molecule has 2 aromatic rings. The Morgan fingerprint density at radius 2 is 1.91 bits per heavy atom. The number of ether oxygens (including phenoxy) is 1. The monoisotopic (exact) mass is 341 g/mol. The van der Waals surface area contributed by atoms with Gasteiger partial charge < -0.3 is 9.30 Å². The molecule has 126 valence electrons. The van der Waals surface area contributed by atoms with Crippen LogP contribution in [0.2, 0.25) is 0 Å². The molecule has 0 radical (unpaired) electrons. The largest absolute Gasteiger partial charge is 0.486 e. The van der Waals surface area contributed by atoms with Crippen molar-refractivity contribution < 1.29 is 13.5 Å². The van der Waals surface area contributed by atoms with Crippen LogP contribution in [-0.4, -0.2) is 26.9 Å². The predicted molar refractivity (Wildman–Crippen MR) is 87.0 cm³/mol. The Hall–Kier alpha value is -1.63. The lowest BCUT2D eigenvalue weighted by molar-refractivity contribution is 0.176. The van der Waals surface area contributed by atoms with Crippen molar-refractivity contribution in [2.45, 2.75) is 45.0 Å². The number of alkyl halides is 2. The van der Waals surface area contributed by atoms with Crippen molar-refractivity contribution in [1.29, 1.82) is 0 Å². The van der Waals surface area contributed by atoms with Gasteiger partial charge in [-0.2, -0.15) is 0 Å². The molecule has 7 heteroatoms. The molecule has 0 unspecified atom stereocenters. The van der Waals surface area contributed by atoms with Crippen molar-refractivity contribution in [2.24, 2.45) is 5.92 Å². The molecule has 0 aliphatic carbocycles. The molecule has 0 N–H and O–H groups in total. The van der Waals surface area contributed by atoms with E-state index in [9.17, 15) is 8.78 Å². The molecular formula is C16H21F2N3OS. The third-order valence-electron chi connectivity index (χ3n) is 3.17. The first-order valence-corrected chi connectivity index (χ1v) is 8.55. The molecule has 0 saturated heterocycles. The number of hydrogen-bond donors (Lipinski definition) is 0. The molecule has 0 atom stereocenters. The number of thioether (sulfide) groups is 1. The van der Waals surface area contributed by atoms with Crippen LogP contribution in [0.1, 0.15) is 26.1 Å². The van der Waals surface area contributed by atoms with E-state index in [1.54, 1.807) is 0 Å². The average molecular weight is 341 g/mol. The summed E-state index contributed by atoms with van der Waals surface area (Å²) in [7, 11) is 0. The average Bonchev–Trinajstić information content (AvgIpc) is 2.92. The van der Waals surface area contributed by atoms with Crippen LogP contribution in [0.5, 0.6) is 5.75 Å². The SMILES string of the molecule is CC(C)CCn1c(COc2ccccc2)nnc1SCC(F)F. The topological polar surface area (TPSA) is 39.9 Å². The van der Waals surface area contributed by atoms with E-state index in [1.165, 1.54) is 0 Å². The maximum absolute atomic E-state index is 12.4. The van der Waals surface area contributed by atoms with Crippen molar-refractivity contribution >= 4 is 11.8 Å². The van der Waals surface area contributed by atoms with Crippen LogP contribution < -0.4 is 4.74 Å². The number of benzene rings is 1. The second kappa shape index (κ2) is 8.86. The lowest BCUT2D eigenvalue weighted by atomic mass is 10.1. The Balaban J connectivity index is 2.07. The highest BCUT2D eigenvalue weighted by molar-refractivity contribution is 7.99. The van der Waals surface area contributed by atoms with E-state index in [2.05, 4.69) is 24.0 Å². The fraction of sp³-hybridized carbons (Fsp3) is 0.500. The van der Waals surface area contributed by atoms with Gasteiger partial charge in [0.25, 0.3) is 0 Å². The molecule has 0 aliphatic heterocycles. The summed E-state index contributed by atoms with van der Waals surface area (Å²) < 4.78 is 32.5. The fourth-order valence-corrected chi connectivity index (χ4v) is 2.67. The van der Waals surface area contributed by atoms with Crippen molar-refractivity contribution in [3.63, 3.8) is 0 Å². The molecule has 0 aliphatic rings. The molecule has 1 heterocycles. The van der Waals surface area contributed by atoms with Crippen LogP contribution in [0.25, 0.3) is 0 Å². The molecule has 1 aromatic heterocycles. The van der Waals surface area contributed by atoms with Crippen molar-refractivity contribution in [1.82, 2.24) is 14.8 Å². The smallest absolute Gasteiger partial charge is 0.248 e. The Morgan fingerprint density at radius 3 is 2.57 bits per heavy atom. The highest BCUT2D eigenvalue weighted by Crippen LogP contribution is 2.21. The van der Waals surface area contributed by atoms with Gasteiger partial charge in [0.15, 0.2) is 11.0 Å². The molecule has 1 aromatic carbocycles. The van der Waals surface area contributed by atoms with Crippen molar-refractivity contribution in [3.05, 3.63) is 36.2 Å². The van der Waals surface area contributed by atoms with Crippen LogP contribution in [0, 0.1) is 5.92 Å². The first-order valence-electron chi connectivity index (χ1n) is 7.57. The summed E-state index contributed by atoms with van der Waals surface area (Å²) in [5.41, 5.74) is 0. The van der Waals surface area contributed by atoms with E-state index < -0.39 is 6.43 Å². The van der Waals surface area contributed by atoms with Crippen LogP contribution in [0.4, 0.5) is 8.78 Å². The molecule has 0 spiro atoms. The fourth-order valence-electron chi connectivity index (χ4n) is 1.95. The number of halogens is 2. The van der Waals surface area contributed by atoms with E-state index in [-0.39, 0.29) is 12.4 Å². The van der Waals surface area contributed by atoms with E-state index in [4.69, 9.17) is 4.74 Å². The Kier molecular flexibility index (Phi) is 6.83. The van der Waals surface area contributed by atoms with Gasteiger partial charge >= 0.3 is 0 Å². The lowest BCUT2D eigenvalue weighted by Crippen LogP contribution is -2.10. The first-order chi connectivity index (χ1) is 11.1. The highest BCUT2D eigenvalue weighted by atomic mass is 32.2. The van der Waals surface area contributed by atoms with Gasteiger partial charge in [-0.15, -0.1) is 10.2 Å². The van der Waals surface area contributed by atoms with Crippen LogP contribution in [0.15, 0.2) is 35.5 Å². The molecule has 4 nitrogen and oxygen atoms in total. The zero-order valence-corrected chi connectivity index (χ0v) is 14.1. The van der Waals surface area contributed by atoms with Gasteiger partial charge in [-0.05, 0) is 24.5 Å². The van der Waals surface area contributed by atoms with Gasteiger partial charge in [-0.1, -0.05) is 43.8 Å². The normalized spacial score (nSPS) is 11.4. The van der Waals surface area contributed by atoms with Gasteiger partial charge in [0, 0.05) is 6.54 Å². The van der Waals surface area contributed by atoms with Crippen molar-refractivity contribution in [2.75, 3.05) is 5.75 Å². The summed E-state index contributed by atoms with van der Waals surface area (Å²) in [5, 5.41) is 8.68. The Labute approximate surface area is 139 Å². The quantitative estimate of drug-likeness (QED) is 0.639. The van der Waals surface area contributed by atoms with Gasteiger partial charge in [0.1, 0.15) is 12.4 Å². The first kappa shape index (κ1) is 17.7. The maximum Gasteiger partial charge on any atom is 0.248 e. The van der Waals surface area contributed by atoms with Crippen LogP contribution in [-0.2, 0) is 13.2 Å². The third-order valence-corrected chi connectivity index (χ3v) is 4.15. The summed E-state index contributed by atoms with van der Waals surface area (Å²) in [4.78, 5) is 0. The minimum atomic E-state index is -2.36. The number of nitrogens with zero attached hydrogens (tertiary/aromatic N) is 3. The summed E-state index contributed by atoms with van der Waals surface area (Å²) >= 11 is 1.03. The second-order valence-corrected chi connectivity index (χ2v) is 6.52. The Morgan fingerprint density at radius 1 is 1.17 bits per heavy atom. The van der Waals surface area contributed by atoms with Gasteiger partial charge in [-0.3, -0.25) is 0 Å². The minimum Gasteiger partial charge on any atom is -0.486 e. The zero-order valence-electron chi connectivity index (χ0n) is 13.3. The number of rotatable bonds is 9. The minimum absolute atomic E-state index is 0.268. The number of aromatic nitrogens is 3. The van der Waals surface area contributed by atoms with Gasteiger partial charge in [-0.25, -0.2) is 8.78 Å². The standard InChI is InChI=1S/C16H21F2N3OS/c1-12(2)8-9-21-15(10-22-13-6-4-3-5-7-13)19-20-16(21)23-11-14(17)18/h3-7,12,14H,8-11H2,1-2H3. The Bertz CT molecular complexity index is 590. The van der Waals surface area contributed by atoms with Crippen molar-refractivity contribution in [3.8, 4) is 5.75 Å². The molecule has 23 heavy (non-hydrogen) atoms. The zero-order chi connectivity index (χ0) is 16.7. The molecular weight excluding hydrogens is 320 g/mol.